The first-order valence-corrected chi connectivity index (χ1v) is 11.6. The number of carbonyl (C=O) groups is 1. The second-order valence-corrected chi connectivity index (χ2v) is 9.93. The van der Waals surface area contributed by atoms with E-state index in [9.17, 15) is 9.59 Å². The van der Waals surface area contributed by atoms with E-state index in [0.717, 1.165) is 43.4 Å². The van der Waals surface area contributed by atoms with Crippen LogP contribution in [0.1, 0.15) is 43.3 Å². The average molecular weight is 412 g/mol. The molecule has 4 aliphatic rings. The number of anilines is 1. The number of amides is 1. The minimum Gasteiger partial charge on any atom is -0.346 e. The molecule has 7 nitrogen and oxygen atoms in total. The van der Waals surface area contributed by atoms with Gasteiger partial charge in [0.05, 0.1) is 0 Å². The zero-order valence-corrected chi connectivity index (χ0v) is 17.1. The molecule has 0 radical (unpaired) electrons. The molecule has 0 N–H and O–H groups in total. The predicted molar refractivity (Wildman–Crippen MR) is 110 cm³/mol. The van der Waals surface area contributed by atoms with Gasteiger partial charge >= 0.3 is 0 Å². The van der Waals surface area contributed by atoms with Crippen LogP contribution in [0.5, 0.6) is 0 Å². The number of fused-ring (bicyclic) bond motifs is 5. The third-order valence-corrected chi connectivity index (χ3v) is 8.31. The van der Waals surface area contributed by atoms with E-state index >= 15 is 0 Å². The van der Waals surface area contributed by atoms with E-state index in [1.54, 1.807) is 11.6 Å². The van der Waals surface area contributed by atoms with Gasteiger partial charge in [-0.05, 0) is 37.2 Å². The normalized spacial score (nSPS) is 32.9. The maximum atomic E-state index is 13.8. The van der Waals surface area contributed by atoms with E-state index in [1.165, 1.54) is 30.6 Å². The highest BCUT2D eigenvalue weighted by Gasteiger charge is 2.47. The average Bonchev–Trinajstić information content (AvgIpc) is 3.46. The van der Waals surface area contributed by atoms with Gasteiger partial charge in [-0.1, -0.05) is 23.8 Å². The molecule has 5 atom stereocenters. The number of aromatic nitrogens is 3. The zero-order chi connectivity index (χ0) is 19.5. The largest absolute Gasteiger partial charge is 0.346 e. The second kappa shape index (κ2) is 6.65. The molecule has 1 amide bonds. The van der Waals surface area contributed by atoms with E-state index < -0.39 is 6.04 Å². The van der Waals surface area contributed by atoms with E-state index in [0.29, 0.717) is 11.8 Å². The number of hydrogen-bond acceptors (Lipinski definition) is 6. The van der Waals surface area contributed by atoms with Gasteiger partial charge in [0.25, 0.3) is 5.56 Å². The Bertz CT molecular complexity index is 977. The molecular weight excluding hydrogens is 386 g/mol. The van der Waals surface area contributed by atoms with E-state index in [4.69, 9.17) is 0 Å². The van der Waals surface area contributed by atoms with Crippen molar-refractivity contribution in [3.05, 3.63) is 39.8 Å². The van der Waals surface area contributed by atoms with Crippen molar-refractivity contribution in [3.8, 4) is 0 Å². The van der Waals surface area contributed by atoms with Crippen LogP contribution >= 0.6 is 11.3 Å². The summed E-state index contributed by atoms with van der Waals surface area (Å²) in [6.45, 7) is 3.31. The standard InChI is InChI=1S/C21H25N5O2S/c27-18-6-2-5-17-15-7-16(11-25(10-15)21-23-22-12-29-21)19(26(17)18)20(28)24-8-13-3-1-4-14(13)9-24/h2,5-6,12-16,19H,1,3-4,7-11H2/t13-,14+,15-,16+,19-/m1/s1. The molecule has 0 unspecified atom stereocenters. The number of piperidine rings is 1. The topological polar surface area (TPSA) is 71.3 Å². The first kappa shape index (κ1) is 17.6. The molecule has 6 rings (SSSR count). The van der Waals surface area contributed by atoms with E-state index in [2.05, 4.69) is 20.0 Å². The Morgan fingerprint density at radius 1 is 1.07 bits per heavy atom. The van der Waals surface area contributed by atoms with Crippen molar-refractivity contribution in [1.29, 1.82) is 0 Å². The van der Waals surface area contributed by atoms with Crippen LogP contribution in [0.25, 0.3) is 0 Å². The van der Waals surface area contributed by atoms with Crippen LogP contribution in [0.2, 0.25) is 0 Å². The number of carbonyl (C=O) groups excluding carboxylic acids is 1. The summed E-state index contributed by atoms with van der Waals surface area (Å²) < 4.78 is 1.83. The smallest absolute Gasteiger partial charge is 0.251 e. The molecule has 2 bridgehead atoms. The summed E-state index contributed by atoms with van der Waals surface area (Å²) in [6, 6.07) is 5.07. The number of rotatable bonds is 2. The van der Waals surface area contributed by atoms with Gasteiger partial charge in [-0.2, -0.15) is 0 Å². The number of pyridine rings is 1. The summed E-state index contributed by atoms with van der Waals surface area (Å²) in [7, 11) is 0. The maximum Gasteiger partial charge on any atom is 0.251 e. The molecule has 3 aliphatic heterocycles. The number of hydrogen-bond donors (Lipinski definition) is 0. The monoisotopic (exact) mass is 411 g/mol. The highest BCUT2D eigenvalue weighted by molar-refractivity contribution is 7.13. The lowest BCUT2D eigenvalue weighted by Gasteiger charge is -2.46. The van der Waals surface area contributed by atoms with Crippen LogP contribution < -0.4 is 10.5 Å². The Morgan fingerprint density at radius 2 is 1.90 bits per heavy atom. The summed E-state index contributed by atoms with van der Waals surface area (Å²) in [4.78, 5) is 31.0. The lowest BCUT2D eigenvalue weighted by molar-refractivity contribution is -0.136. The van der Waals surface area contributed by atoms with Crippen LogP contribution in [0.3, 0.4) is 0 Å². The molecule has 5 heterocycles. The molecule has 29 heavy (non-hydrogen) atoms. The van der Waals surface area contributed by atoms with Crippen molar-refractivity contribution in [2.24, 2.45) is 17.8 Å². The van der Waals surface area contributed by atoms with Gasteiger partial charge in [0.1, 0.15) is 11.6 Å². The molecule has 0 spiro atoms. The van der Waals surface area contributed by atoms with E-state index in [-0.39, 0.29) is 23.3 Å². The highest BCUT2D eigenvalue weighted by Crippen LogP contribution is 2.45. The van der Waals surface area contributed by atoms with Crippen LogP contribution in [-0.4, -0.2) is 51.8 Å². The zero-order valence-electron chi connectivity index (χ0n) is 16.3. The lowest BCUT2D eigenvalue weighted by atomic mass is 9.78. The summed E-state index contributed by atoms with van der Waals surface area (Å²) in [5, 5.41) is 9.16. The first-order valence-electron chi connectivity index (χ1n) is 10.7. The van der Waals surface area contributed by atoms with Crippen LogP contribution in [0, 0.1) is 17.8 Å². The summed E-state index contributed by atoms with van der Waals surface area (Å²) >= 11 is 1.54. The van der Waals surface area contributed by atoms with Crippen LogP contribution in [0.4, 0.5) is 5.13 Å². The fourth-order valence-electron chi connectivity index (χ4n) is 6.31. The minimum atomic E-state index is -0.399. The second-order valence-electron chi connectivity index (χ2n) is 9.12. The van der Waals surface area contributed by atoms with Crippen molar-refractivity contribution in [2.45, 2.75) is 37.6 Å². The van der Waals surface area contributed by atoms with Gasteiger partial charge in [0.15, 0.2) is 0 Å². The summed E-state index contributed by atoms with van der Waals surface area (Å²) in [6.07, 6.45) is 4.73. The van der Waals surface area contributed by atoms with Gasteiger partial charge in [0.2, 0.25) is 11.0 Å². The van der Waals surface area contributed by atoms with Crippen molar-refractivity contribution >= 4 is 22.4 Å². The molecule has 8 heteroatoms. The maximum absolute atomic E-state index is 13.8. The Hall–Kier alpha value is -2.22. The molecule has 2 aromatic rings. The molecule has 152 valence electrons. The minimum absolute atomic E-state index is 0.0423. The molecule has 0 aromatic carbocycles. The fourth-order valence-corrected chi connectivity index (χ4v) is 6.90. The van der Waals surface area contributed by atoms with E-state index in [1.807, 2.05) is 16.7 Å². The van der Waals surface area contributed by atoms with Gasteiger partial charge < -0.3 is 9.80 Å². The third kappa shape index (κ3) is 2.75. The Kier molecular flexibility index (Phi) is 4.04. The van der Waals surface area contributed by atoms with Crippen molar-refractivity contribution in [1.82, 2.24) is 19.7 Å². The number of nitrogens with zero attached hydrogens (tertiary/aromatic N) is 5. The molecule has 3 fully saturated rings. The van der Waals surface area contributed by atoms with Crippen LogP contribution in [-0.2, 0) is 4.79 Å². The Balaban J connectivity index is 1.38. The highest BCUT2D eigenvalue weighted by atomic mass is 32.1. The molecule has 2 saturated heterocycles. The molecule has 1 saturated carbocycles. The summed E-state index contributed by atoms with van der Waals surface area (Å²) in [5.74, 6) is 1.83. The van der Waals surface area contributed by atoms with Crippen molar-refractivity contribution in [3.63, 3.8) is 0 Å². The SMILES string of the molecule is O=C([C@H]1[C@H]2C[C@H](CN(c3nncs3)C2)c2cccc(=O)n21)N1C[C@H]2CCC[C@H]2C1. The Morgan fingerprint density at radius 3 is 2.66 bits per heavy atom. The lowest BCUT2D eigenvalue weighted by Crippen LogP contribution is -2.54. The molecule has 2 aromatic heterocycles. The number of likely N-dealkylation sites (tertiary alicyclic amines) is 1. The van der Waals surface area contributed by atoms with Crippen molar-refractivity contribution < 1.29 is 4.79 Å². The van der Waals surface area contributed by atoms with Crippen molar-refractivity contribution in [2.75, 3.05) is 31.1 Å². The molecular formula is C21H25N5O2S. The quantitative estimate of drug-likeness (QED) is 0.757. The Labute approximate surface area is 173 Å². The van der Waals surface area contributed by atoms with Gasteiger partial charge in [-0.3, -0.25) is 14.2 Å². The van der Waals surface area contributed by atoms with Gasteiger partial charge in [0, 0.05) is 49.8 Å². The molecule has 1 aliphatic carbocycles. The third-order valence-electron chi connectivity index (χ3n) is 7.56. The van der Waals surface area contributed by atoms with Crippen LogP contribution in [0.15, 0.2) is 28.5 Å². The first-order chi connectivity index (χ1) is 14.2. The predicted octanol–water partition coefficient (Wildman–Crippen LogP) is 2.12. The van der Waals surface area contributed by atoms with Gasteiger partial charge in [-0.25, -0.2) is 0 Å². The fraction of sp³-hybridized carbons (Fsp3) is 0.619. The van der Waals surface area contributed by atoms with Gasteiger partial charge in [-0.15, -0.1) is 10.2 Å². The summed E-state index contributed by atoms with van der Waals surface area (Å²) in [5.41, 5.74) is 2.71.